The van der Waals surface area contributed by atoms with Crippen molar-refractivity contribution in [2.75, 3.05) is 0 Å². The predicted molar refractivity (Wildman–Crippen MR) is 91.6 cm³/mol. The molecule has 2 aromatic rings. The molecular weight excluding hydrogens is 457 g/mol. The molecule has 5 heteroatoms. The summed E-state index contributed by atoms with van der Waals surface area (Å²) >= 11 is 16.6. The molecule has 1 atom stereocenters. The Bertz CT molecular complexity index is 601. The van der Waals surface area contributed by atoms with E-state index in [0.29, 0.717) is 6.42 Å². The second kappa shape index (κ2) is 6.72. The maximum Gasteiger partial charge on any atom is 0.0449 e. The molecular formula is C14H11Br3ClN. The van der Waals surface area contributed by atoms with Gasteiger partial charge in [-0.1, -0.05) is 71.5 Å². The molecule has 0 aliphatic carbocycles. The van der Waals surface area contributed by atoms with Gasteiger partial charge in [0.15, 0.2) is 0 Å². The van der Waals surface area contributed by atoms with Gasteiger partial charge in [0.1, 0.15) is 0 Å². The van der Waals surface area contributed by atoms with Gasteiger partial charge in [0.25, 0.3) is 0 Å². The molecule has 2 N–H and O–H groups in total. The normalized spacial score (nSPS) is 12.5. The monoisotopic (exact) mass is 465 g/mol. The van der Waals surface area contributed by atoms with E-state index in [1.165, 1.54) is 0 Å². The molecule has 19 heavy (non-hydrogen) atoms. The molecule has 0 saturated heterocycles. The number of hydrogen-bond acceptors (Lipinski definition) is 1. The summed E-state index contributed by atoms with van der Waals surface area (Å²) < 4.78 is 3.00. The van der Waals surface area contributed by atoms with Gasteiger partial charge in [0, 0.05) is 24.5 Å². The molecule has 0 aliphatic heterocycles. The van der Waals surface area contributed by atoms with E-state index in [9.17, 15) is 0 Å². The summed E-state index contributed by atoms with van der Waals surface area (Å²) in [5.41, 5.74) is 8.39. The lowest BCUT2D eigenvalue weighted by molar-refractivity contribution is 0.718. The van der Waals surface area contributed by atoms with E-state index >= 15 is 0 Å². The number of hydrogen-bond donors (Lipinski definition) is 1. The van der Waals surface area contributed by atoms with Crippen LogP contribution in [0.5, 0.6) is 0 Å². The van der Waals surface area contributed by atoms with E-state index in [2.05, 4.69) is 47.8 Å². The minimum atomic E-state index is -0.0962. The van der Waals surface area contributed by atoms with Gasteiger partial charge in [0.2, 0.25) is 0 Å². The molecule has 2 rings (SSSR count). The van der Waals surface area contributed by atoms with Crippen molar-refractivity contribution >= 4 is 59.4 Å². The molecule has 1 unspecified atom stereocenters. The molecule has 0 bridgehead atoms. The molecule has 0 saturated carbocycles. The third kappa shape index (κ3) is 4.05. The average Bonchev–Trinajstić information content (AvgIpc) is 2.32. The van der Waals surface area contributed by atoms with Gasteiger partial charge >= 0.3 is 0 Å². The summed E-state index contributed by atoms with van der Waals surface area (Å²) in [7, 11) is 0. The SMILES string of the molecule is NC(Cc1ccc(Br)cc1Cl)c1ccc(Br)cc1Br. The fraction of sp³-hybridized carbons (Fsp3) is 0.143. The molecule has 0 spiro atoms. The van der Waals surface area contributed by atoms with Crippen LogP contribution in [0.25, 0.3) is 0 Å². The lowest BCUT2D eigenvalue weighted by atomic mass is 10.00. The molecule has 0 radical (unpaired) electrons. The summed E-state index contributed by atoms with van der Waals surface area (Å²) in [6.07, 6.45) is 0.701. The van der Waals surface area contributed by atoms with Crippen LogP contribution in [0.1, 0.15) is 17.2 Å². The van der Waals surface area contributed by atoms with E-state index in [4.69, 9.17) is 17.3 Å². The topological polar surface area (TPSA) is 26.0 Å². The number of nitrogens with two attached hydrogens (primary N) is 1. The minimum Gasteiger partial charge on any atom is -0.324 e. The Kier molecular flexibility index (Phi) is 5.49. The van der Waals surface area contributed by atoms with E-state index in [-0.39, 0.29) is 6.04 Å². The lowest BCUT2D eigenvalue weighted by Gasteiger charge is -2.15. The molecule has 0 heterocycles. The maximum atomic E-state index is 6.27. The highest BCUT2D eigenvalue weighted by Gasteiger charge is 2.13. The minimum absolute atomic E-state index is 0.0962. The highest BCUT2D eigenvalue weighted by molar-refractivity contribution is 9.11. The Labute approximate surface area is 142 Å². The van der Waals surface area contributed by atoms with Crippen LogP contribution in [0, 0.1) is 0 Å². The first kappa shape index (κ1) is 15.5. The second-order valence-electron chi connectivity index (χ2n) is 4.21. The first-order valence-corrected chi connectivity index (χ1v) is 8.37. The smallest absolute Gasteiger partial charge is 0.0449 e. The summed E-state index contributed by atoms with van der Waals surface area (Å²) in [5, 5.41) is 0.734. The quantitative estimate of drug-likeness (QED) is 0.599. The van der Waals surface area contributed by atoms with Crippen molar-refractivity contribution in [3.63, 3.8) is 0 Å². The zero-order valence-corrected chi connectivity index (χ0v) is 15.4. The number of benzene rings is 2. The highest BCUT2D eigenvalue weighted by atomic mass is 79.9. The lowest BCUT2D eigenvalue weighted by Crippen LogP contribution is -2.14. The summed E-state index contributed by atoms with van der Waals surface area (Å²) in [6, 6.07) is 11.8. The first-order chi connectivity index (χ1) is 8.97. The van der Waals surface area contributed by atoms with Gasteiger partial charge in [-0.2, -0.15) is 0 Å². The van der Waals surface area contributed by atoms with Crippen molar-refractivity contribution in [2.45, 2.75) is 12.5 Å². The first-order valence-electron chi connectivity index (χ1n) is 5.62. The highest BCUT2D eigenvalue weighted by Crippen LogP contribution is 2.30. The Morgan fingerprint density at radius 3 is 2.26 bits per heavy atom. The summed E-state index contributed by atoms with van der Waals surface area (Å²) in [4.78, 5) is 0. The van der Waals surface area contributed by atoms with Gasteiger partial charge in [-0.15, -0.1) is 0 Å². The van der Waals surface area contributed by atoms with Crippen molar-refractivity contribution in [1.29, 1.82) is 0 Å². The largest absolute Gasteiger partial charge is 0.324 e. The molecule has 0 amide bonds. The zero-order valence-electron chi connectivity index (χ0n) is 9.84. The van der Waals surface area contributed by atoms with E-state index in [1.54, 1.807) is 0 Å². The molecule has 0 aromatic heterocycles. The van der Waals surface area contributed by atoms with Crippen LogP contribution < -0.4 is 5.73 Å². The standard InChI is InChI=1S/C14H11Br3ClN/c15-9-3-4-11(12(17)6-9)14(19)5-8-1-2-10(16)7-13(8)18/h1-4,6-7,14H,5,19H2. The Morgan fingerprint density at radius 2 is 1.63 bits per heavy atom. The molecule has 2 aromatic carbocycles. The number of rotatable bonds is 3. The van der Waals surface area contributed by atoms with Crippen molar-refractivity contribution < 1.29 is 0 Å². The fourth-order valence-corrected chi connectivity index (χ4v) is 3.93. The Hall–Kier alpha value is 0.130. The van der Waals surface area contributed by atoms with Crippen molar-refractivity contribution in [2.24, 2.45) is 5.73 Å². The summed E-state index contributed by atoms with van der Waals surface area (Å²) in [6.45, 7) is 0. The fourth-order valence-electron chi connectivity index (χ4n) is 1.84. The number of halogens is 4. The maximum absolute atomic E-state index is 6.27. The predicted octanol–water partition coefficient (Wildman–Crippen LogP) is 5.87. The van der Waals surface area contributed by atoms with Gasteiger partial charge in [-0.05, 0) is 41.8 Å². The second-order valence-corrected chi connectivity index (χ2v) is 7.31. The molecule has 100 valence electrons. The van der Waals surface area contributed by atoms with E-state index in [1.807, 2.05) is 36.4 Å². The van der Waals surface area contributed by atoms with E-state index < -0.39 is 0 Å². The van der Waals surface area contributed by atoms with E-state index in [0.717, 1.165) is 29.6 Å². The molecule has 0 fully saturated rings. The van der Waals surface area contributed by atoms with Gasteiger partial charge < -0.3 is 5.73 Å². The van der Waals surface area contributed by atoms with Crippen molar-refractivity contribution in [3.05, 3.63) is 66.0 Å². The van der Waals surface area contributed by atoms with Gasteiger partial charge in [0.05, 0.1) is 0 Å². The van der Waals surface area contributed by atoms with Crippen LogP contribution in [0.15, 0.2) is 49.8 Å². The van der Waals surface area contributed by atoms with Gasteiger partial charge in [-0.25, -0.2) is 0 Å². The van der Waals surface area contributed by atoms with Crippen LogP contribution in [-0.4, -0.2) is 0 Å². The van der Waals surface area contributed by atoms with Crippen molar-refractivity contribution in [3.8, 4) is 0 Å². The molecule has 0 aliphatic rings. The van der Waals surface area contributed by atoms with Crippen LogP contribution in [0.2, 0.25) is 5.02 Å². The van der Waals surface area contributed by atoms with Gasteiger partial charge in [-0.3, -0.25) is 0 Å². The molecule has 1 nitrogen and oxygen atoms in total. The van der Waals surface area contributed by atoms with Crippen LogP contribution in [-0.2, 0) is 6.42 Å². The summed E-state index contributed by atoms with van der Waals surface area (Å²) in [5.74, 6) is 0. The van der Waals surface area contributed by atoms with Crippen LogP contribution >= 0.6 is 59.4 Å². The average molecular weight is 468 g/mol. The van der Waals surface area contributed by atoms with Crippen molar-refractivity contribution in [1.82, 2.24) is 0 Å². The third-order valence-corrected chi connectivity index (χ3v) is 4.84. The van der Waals surface area contributed by atoms with Crippen LogP contribution in [0.3, 0.4) is 0 Å². The zero-order chi connectivity index (χ0) is 14.0. The Balaban J connectivity index is 2.23. The third-order valence-electron chi connectivity index (χ3n) is 2.82. The Morgan fingerprint density at radius 1 is 1.00 bits per heavy atom. The van der Waals surface area contributed by atoms with Crippen LogP contribution in [0.4, 0.5) is 0 Å².